The number of rotatable bonds is 4. The maximum atomic E-state index is 14.4. The summed E-state index contributed by atoms with van der Waals surface area (Å²) < 4.78 is 20.5. The Bertz CT molecular complexity index is 855. The fourth-order valence-corrected chi connectivity index (χ4v) is 4.94. The summed E-state index contributed by atoms with van der Waals surface area (Å²) in [6, 6.07) is 6.84. The molecule has 152 valence electrons. The first kappa shape index (κ1) is 21.0. The molecular weight excluding hydrogens is 423 g/mol. The zero-order valence-electron chi connectivity index (χ0n) is 17.3. The van der Waals surface area contributed by atoms with Crippen LogP contribution in [0, 0.1) is 5.82 Å². The Kier molecular flexibility index (Phi) is 5.69. The van der Waals surface area contributed by atoms with E-state index < -0.39 is 0 Å². The third-order valence-electron chi connectivity index (χ3n) is 5.23. The van der Waals surface area contributed by atoms with E-state index in [-0.39, 0.29) is 16.9 Å². The summed E-state index contributed by atoms with van der Waals surface area (Å²) in [5.74, 6) is 0.797. The molecule has 0 spiro atoms. The molecule has 1 aliphatic heterocycles. The van der Waals surface area contributed by atoms with E-state index in [0.717, 1.165) is 23.1 Å². The fraction of sp³-hybridized carbons (Fsp3) is 0.524. The lowest BCUT2D eigenvalue weighted by Crippen LogP contribution is -2.62. The maximum Gasteiger partial charge on any atom is 0.165 e. The van der Waals surface area contributed by atoms with E-state index >= 15 is 0 Å². The summed E-state index contributed by atoms with van der Waals surface area (Å²) in [5, 5.41) is 12.4. The van der Waals surface area contributed by atoms with Crippen molar-refractivity contribution < 1.29 is 9.13 Å². The normalized spacial score (nSPS) is 18.7. The van der Waals surface area contributed by atoms with Gasteiger partial charge in [0.1, 0.15) is 17.3 Å². The second-order valence-electron chi connectivity index (χ2n) is 8.78. The molecule has 1 aromatic heterocycles. The first-order valence-corrected chi connectivity index (χ1v) is 10.2. The molecule has 0 radical (unpaired) electrons. The van der Waals surface area contributed by atoms with Gasteiger partial charge in [0.2, 0.25) is 0 Å². The van der Waals surface area contributed by atoms with Crippen LogP contribution in [-0.2, 0) is 0 Å². The van der Waals surface area contributed by atoms with Gasteiger partial charge in [-0.1, -0.05) is 6.07 Å². The quantitative estimate of drug-likeness (QED) is 0.724. The van der Waals surface area contributed by atoms with Crippen LogP contribution in [0.2, 0.25) is 0 Å². The lowest BCUT2D eigenvalue weighted by molar-refractivity contribution is 0.160. The molecule has 0 aliphatic carbocycles. The van der Waals surface area contributed by atoms with Gasteiger partial charge in [0.05, 0.1) is 17.1 Å². The third kappa shape index (κ3) is 4.30. The van der Waals surface area contributed by atoms with Crippen molar-refractivity contribution in [2.75, 3.05) is 19.1 Å². The van der Waals surface area contributed by atoms with Gasteiger partial charge in [0.15, 0.2) is 5.82 Å². The maximum absolute atomic E-state index is 14.4. The molecular formula is C21H28BrFN4O. The Labute approximate surface area is 174 Å². The predicted octanol–water partition coefficient (Wildman–Crippen LogP) is 4.80. The zero-order valence-corrected chi connectivity index (χ0v) is 18.9. The van der Waals surface area contributed by atoms with E-state index in [9.17, 15) is 4.39 Å². The van der Waals surface area contributed by atoms with Crippen molar-refractivity contribution in [2.45, 2.75) is 57.7 Å². The van der Waals surface area contributed by atoms with Gasteiger partial charge in [-0.25, -0.2) is 4.39 Å². The van der Waals surface area contributed by atoms with Gasteiger partial charge in [-0.3, -0.25) is 0 Å². The van der Waals surface area contributed by atoms with Gasteiger partial charge >= 0.3 is 0 Å². The summed E-state index contributed by atoms with van der Waals surface area (Å²) >= 11 is 3.62. The molecule has 2 aromatic rings. The molecule has 0 atom stereocenters. The number of aromatic nitrogens is 2. The topological polar surface area (TPSA) is 50.3 Å². The number of nitrogens with zero attached hydrogens (tertiary/aromatic N) is 3. The summed E-state index contributed by atoms with van der Waals surface area (Å²) in [7, 11) is 3.56. The average molecular weight is 451 g/mol. The summed E-state index contributed by atoms with van der Waals surface area (Å²) in [5.41, 5.74) is 0.809. The first-order valence-electron chi connectivity index (χ1n) is 9.41. The van der Waals surface area contributed by atoms with Crippen LogP contribution in [0.4, 0.5) is 10.2 Å². The molecule has 1 N–H and O–H groups in total. The number of hydrogen-bond donors (Lipinski definition) is 1. The van der Waals surface area contributed by atoms with E-state index in [1.165, 1.54) is 13.2 Å². The lowest BCUT2D eigenvalue weighted by atomic mass is 9.79. The molecule has 1 saturated heterocycles. The van der Waals surface area contributed by atoms with Crippen molar-refractivity contribution >= 4 is 21.7 Å². The number of piperidine rings is 1. The highest BCUT2D eigenvalue weighted by molar-refractivity contribution is 9.10. The van der Waals surface area contributed by atoms with Gasteiger partial charge in [0.25, 0.3) is 0 Å². The van der Waals surface area contributed by atoms with Crippen LogP contribution in [0.25, 0.3) is 11.3 Å². The van der Waals surface area contributed by atoms with Crippen LogP contribution in [0.15, 0.2) is 28.7 Å². The molecule has 7 heteroatoms. The summed E-state index contributed by atoms with van der Waals surface area (Å²) in [6.07, 6.45) is 1.98. The van der Waals surface area contributed by atoms with Crippen LogP contribution >= 0.6 is 15.9 Å². The second kappa shape index (κ2) is 7.59. The smallest absolute Gasteiger partial charge is 0.165 e. The average Bonchev–Trinajstić information content (AvgIpc) is 2.58. The van der Waals surface area contributed by atoms with Crippen molar-refractivity contribution in [3.05, 3.63) is 34.6 Å². The molecule has 1 aliphatic rings. The van der Waals surface area contributed by atoms with E-state index in [0.29, 0.717) is 23.0 Å². The number of anilines is 1. The van der Waals surface area contributed by atoms with Gasteiger partial charge < -0.3 is 15.0 Å². The van der Waals surface area contributed by atoms with Crippen LogP contribution < -0.4 is 15.0 Å². The monoisotopic (exact) mass is 450 g/mol. The van der Waals surface area contributed by atoms with E-state index in [1.54, 1.807) is 18.2 Å². The molecule has 1 aromatic carbocycles. The Morgan fingerprint density at radius 3 is 2.39 bits per heavy atom. The van der Waals surface area contributed by atoms with Gasteiger partial charge in [-0.2, -0.15) is 0 Å². The lowest BCUT2D eigenvalue weighted by Gasteiger charge is -2.49. The third-order valence-corrected chi connectivity index (χ3v) is 5.81. The Hall–Kier alpha value is -1.73. The number of nitrogens with one attached hydrogen (secondary N) is 1. The highest BCUT2D eigenvalue weighted by Gasteiger charge is 2.39. The number of halogens is 2. The largest absolute Gasteiger partial charge is 0.496 e. The van der Waals surface area contributed by atoms with Crippen LogP contribution in [0.5, 0.6) is 5.75 Å². The molecule has 28 heavy (non-hydrogen) atoms. The molecule has 5 nitrogen and oxygen atoms in total. The van der Waals surface area contributed by atoms with Gasteiger partial charge in [0, 0.05) is 24.2 Å². The highest BCUT2D eigenvalue weighted by atomic mass is 79.9. The number of methoxy groups -OCH3 is 1. The van der Waals surface area contributed by atoms with Crippen LogP contribution in [0.1, 0.15) is 40.5 Å². The van der Waals surface area contributed by atoms with Gasteiger partial charge in [-0.15, -0.1) is 10.2 Å². The molecule has 2 heterocycles. The zero-order chi connectivity index (χ0) is 20.7. The Morgan fingerprint density at radius 2 is 1.82 bits per heavy atom. The Balaban J connectivity index is 1.93. The van der Waals surface area contributed by atoms with Crippen LogP contribution in [0.3, 0.4) is 0 Å². The van der Waals surface area contributed by atoms with Crippen molar-refractivity contribution in [1.82, 2.24) is 15.5 Å². The van der Waals surface area contributed by atoms with E-state index in [2.05, 4.69) is 64.0 Å². The minimum absolute atomic E-state index is 0.0288. The summed E-state index contributed by atoms with van der Waals surface area (Å²) in [6.45, 7) is 8.90. The van der Waals surface area contributed by atoms with Crippen molar-refractivity contribution in [2.24, 2.45) is 0 Å². The first-order chi connectivity index (χ1) is 13.0. The number of hydrogen-bond acceptors (Lipinski definition) is 5. The van der Waals surface area contributed by atoms with Crippen LogP contribution in [-0.4, -0.2) is 41.5 Å². The standard InChI is InChI=1S/C21H28BrFN4O/c1-20(2)11-13(12-21(3,4)26-20)27(5)19-14(22)10-16(24-25-19)18-15(23)8-7-9-17(18)28-6/h7-10,13,26H,11-12H2,1-6H3. The molecule has 0 amide bonds. The van der Waals surface area contributed by atoms with Gasteiger partial charge in [-0.05, 0) is 74.7 Å². The van der Waals surface area contributed by atoms with E-state index in [4.69, 9.17) is 4.74 Å². The minimum atomic E-state index is -0.386. The molecule has 0 saturated carbocycles. The minimum Gasteiger partial charge on any atom is -0.496 e. The highest BCUT2D eigenvalue weighted by Crippen LogP contribution is 2.37. The van der Waals surface area contributed by atoms with Crippen molar-refractivity contribution in [3.8, 4) is 17.0 Å². The van der Waals surface area contributed by atoms with E-state index in [1.807, 2.05) is 7.05 Å². The second-order valence-corrected chi connectivity index (χ2v) is 9.64. The molecule has 0 bridgehead atoms. The van der Waals surface area contributed by atoms with Crippen molar-refractivity contribution in [1.29, 1.82) is 0 Å². The Morgan fingerprint density at radius 1 is 1.18 bits per heavy atom. The van der Waals surface area contributed by atoms with Crippen molar-refractivity contribution in [3.63, 3.8) is 0 Å². The predicted molar refractivity (Wildman–Crippen MR) is 114 cm³/mol. The SMILES string of the molecule is COc1cccc(F)c1-c1cc(Br)c(N(C)C2CC(C)(C)NC(C)(C)C2)nn1. The molecule has 0 unspecified atom stereocenters. The summed E-state index contributed by atoms with van der Waals surface area (Å²) in [4.78, 5) is 2.17. The molecule has 3 rings (SSSR count). The molecule has 1 fully saturated rings. The number of ether oxygens (including phenoxy) is 1. The fourth-order valence-electron chi connectivity index (χ4n) is 4.36. The number of benzene rings is 1.